The molecule has 0 spiro atoms. The molecule has 0 bridgehead atoms. The molecule has 3 rings (SSSR count). The quantitative estimate of drug-likeness (QED) is 0.449. The Morgan fingerprint density at radius 3 is 2.57 bits per heavy atom. The molecule has 1 aliphatic rings. The number of benzene rings is 2. The van der Waals surface area contributed by atoms with Gasteiger partial charge in [-0.1, -0.05) is 12.1 Å². The summed E-state index contributed by atoms with van der Waals surface area (Å²) in [4.78, 5) is 47.6. The number of nitrogens with one attached hydrogen (secondary N) is 1. The number of rotatable bonds is 5. The Labute approximate surface area is 162 Å². The van der Waals surface area contributed by atoms with Gasteiger partial charge in [0.1, 0.15) is 12.3 Å². The van der Waals surface area contributed by atoms with Gasteiger partial charge in [-0.25, -0.2) is 0 Å². The molecule has 2 N–H and O–H groups in total. The van der Waals surface area contributed by atoms with Crippen molar-refractivity contribution in [1.29, 1.82) is 0 Å². The summed E-state index contributed by atoms with van der Waals surface area (Å²) in [5.74, 6) is -1.21. The van der Waals surface area contributed by atoms with Gasteiger partial charge in [-0.2, -0.15) is 0 Å². The number of phenols is 1. The van der Waals surface area contributed by atoms with Gasteiger partial charge in [-0.05, 0) is 47.7 Å². The minimum absolute atomic E-state index is 0.0236. The van der Waals surface area contributed by atoms with Gasteiger partial charge in [0.05, 0.1) is 9.83 Å². The number of aromatic hydroxyl groups is 1. The zero-order chi connectivity index (χ0) is 20.3. The summed E-state index contributed by atoms with van der Waals surface area (Å²) < 4.78 is 0. The van der Waals surface area contributed by atoms with E-state index in [2.05, 4.69) is 5.32 Å². The topological polar surface area (TPSA) is 130 Å². The molecular weight excluding hydrogens is 386 g/mol. The Morgan fingerprint density at radius 2 is 1.93 bits per heavy atom. The van der Waals surface area contributed by atoms with Crippen molar-refractivity contribution in [2.24, 2.45) is 0 Å². The van der Waals surface area contributed by atoms with Crippen molar-refractivity contribution in [2.75, 3.05) is 11.9 Å². The first-order chi connectivity index (χ1) is 13.3. The van der Waals surface area contributed by atoms with E-state index in [1.807, 2.05) is 0 Å². The molecule has 9 nitrogen and oxygen atoms in total. The van der Waals surface area contributed by atoms with E-state index < -0.39 is 28.5 Å². The highest BCUT2D eigenvalue weighted by atomic mass is 32.2. The molecule has 0 atom stereocenters. The zero-order valence-corrected chi connectivity index (χ0v) is 15.0. The van der Waals surface area contributed by atoms with E-state index in [9.17, 15) is 29.6 Å². The predicted octanol–water partition coefficient (Wildman–Crippen LogP) is 2.98. The maximum absolute atomic E-state index is 12.4. The summed E-state index contributed by atoms with van der Waals surface area (Å²) >= 11 is 0.698. The van der Waals surface area contributed by atoms with Gasteiger partial charge in [-0.3, -0.25) is 29.4 Å². The third-order valence-corrected chi connectivity index (χ3v) is 4.61. The third kappa shape index (κ3) is 4.35. The number of hydrogen-bond acceptors (Lipinski definition) is 7. The number of imide groups is 1. The summed E-state index contributed by atoms with van der Waals surface area (Å²) in [6, 6.07) is 11.3. The second kappa shape index (κ2) is 7.92. The van der Waals surface area contributed by atoms with Gasteiger partial charge < -0.3 is 10.4 Å². The molecule has 0 aliphatic carbocycles. The summed E-state index contributed by atoms with van der Waals surface area (Å²) in [5, 5.41) is 22.0. The SMILES string of the molecule is O=C(CN1C(=O)S/C(=C\c2cccc(O)c2)C1=O)Nc1ccc([N+](=O)[O-])cc1. The number of carbonyl (C=O) groups excluding carboxylic acids is 3. The van der Waals surface area contributed by atoms with E-state index in [-0.39, 0.29) is 16.3 Å². The Kier molecular flexibility index (Phi) is 5.41. The highest BCUT2D eigenvalue weighted by Crippen LogP contribution is 2.32. The smallest absolute Gasteiger partial charge is 0.294 e. The fourth-order valence-electron chi connectivity index (χ4n) is 2.41. The minimum Gasteiger partial charge on any atom is -0.508 e. The van der Waals surface area contributed by atoms with Crippen LogP contribution in [-0.4, -0.2) is 38.5 Å². The van der Waals surface area contributed by atoms with Gasteiger partial charge in [0.15, 0.2) is 0 Å². The average Bonchev–Trinajstić information content (AvgIpc) is 2.89. The van der Waals surface area contributed by atoms with Crippen LogP contribution in [0.15, 0.2) is 53.4 Å². The van der Waals surface area contributed by atoms with Crippen LogP contribution in [0.3, 0.4) is 0 Å². The van der Waals surface area contributed by atoms with Crippen molar-refractivity contribution in [1.82, 2.24) is 4.90 Å². The lowest BCUT2D eigenvalue weighted by atomic mass is 10.2. The van der Waals surface area contributed by atoms with Gasteiger partial charge >= 0.3 is 0 Å². The van der Waals surface area contributed by atoms with Gasteiger partial charge in [0.25, 0.3) is 16.8 Å². The molecule has 2 aromatic rings. The van der Waals surface area contributed by atoms with Crippen molar-refractivity contribution >= 4 is 46.3 Å². The van der Waals surface area contributed by atoms with Gasteiger partial charge in [-0.15, -0.1) is 0 Å². The molecule has 1 heterocycles. The van der Waals surface area contributed by atoms with Crippen LogP contribution in [0.2, 0.25) is 0 Å². The van der Waals surface area contributed by atoms with Crippen molar-refractivity contribution in [3.8, 4) is 5.75 Å². The fraction of sp³-hybridized carbons (Fsp3) is 0.0556. The number of amides is 3. The Morgan fingerprint density at radius 1 is 1.21 bits per heavy atom. The molecule has 0 radical (unpaired) electrons. The van der Waals surface area contributed by atoms with E-state index in [1.54, 1.807) is 12.1 Å². The second-order valence-corrected chi connectivity index (χ2v) is 6.71. The summed E-state index contributed by atoms with van der Waals surface area (Å²) in [6.45, 7) is -0.487. The molecule has 1 aliphatic heterocycles. The van der Waals surface area contributed by atoms with Crippen LogP contribution in [0.4, 0.5) is 16.2 Å². The number of hydrogen-bond donors (Lipinski definition) is 2. The van der Waals surface area contributed by atoms with E-state index in [4.69, 9.17) is 0 Å². The summed E-state index contributed by atoms with van der Waals surface area (Å²) in [5.41, 5.74) is 0.722. The Hall–Kier alpha value is -3.66. The number of non-ortho nitro benzene ring substituents is 1. The molecule has 142 valence electrons. The predicted molar refractivity (Wildman–Crippen MR) is 103 cm³/mol. The number of nitrogens with zero attached hydrogens (tertiary/aromatic N) is 2. The van der Waals surface area contributed by atoms with Crippen LogP contribution in [0.25, 0.3) is 6.08 Å². The molecule has 1 saturated heterocycles. The lowest BCUT2D eigenvalue weighted by Crippen LogP contribution is -2.36. The van der Waals surface area contributed by atoms with Gasteiger partial charge in [0.2, 0.25) is 5.91 Å². The number of thioether (sulfide) groups is 1. The highest BCUT2D eigenvalue weighted by molar-refractivity contribution is 8.18. The Balaban J connectivity index is 1.66. The molecule has 3 amide bonds. The first kappa shape index (κ1) is 19.1. The van der Waals surface area contributed by atoms with E-state index in [1.165, 1.54) is 42.5 Å². The summed E-state index contributed by atoms with van der Waals surface area (Å²) in [6.07, 6.45) is 1.46. The summed E-state index contributed by atoms with van der Waals surface area (Å²) in [7, 11) is 0. The van der Waals surface area contributed by atoms with E-state index in [0.29, 0.717) is 23.0 Å². The molecular formula is C18H13N3O6S. The van der Waals surface area contributed by atoms with Crippen molar-refractivity contribution in [3.63, 3.8) is 0 Å². The van der Waals surface area contributed by atoms with Gasteiger partial charge in [0, 0.05) is 17.8 Å². The number of carbonyl (C=O) groups is 3. The molecule has 0 unspecified atom stereocenters. The van der Waals surface area contributed by atoms with Crippen molar-refractivity contribution in [3.05, 3.63) is 69.1 Å². The van der Waals surface area contributed by atoms with Crippen LogP contribution in [-0.2, 0) is 9.59 Å². The molecule has 2 aromatic carbocycles. The normalized spacial score (nSPS) is 15.1. The van der Waals surface area contributed by atoms with E-state index in [0.717, 1.165) is 4.90 Å². The highest BCUT2D eigenvalue weighted by Gasteiger charge is 2.36. The van der Waals surface area contributed by atoms with E-state index >= 15 is 0 Å². The van der Waals surface area contributed by atoms with Crippen LogP contribution in [0, 0.1) is 10.1 Å². The zero-order valence-electron chi connectivity index (χ0n) is 14.2. The number of nitro groups is 1. The number of anilines is 1. The molecule has 28 heavy (non-hydrogen) atoms. The molecule has 0 aromatic heterocycles. The van der Waals surface area contributed by atoms with Crippen LogP contribution in [0.5, 0.6) is 5.75 Å². The monoisotopic (exact) mass is 399 g/mol. The first-order valence-electron chi connectivity index (χ1n) is 7.92. The fourth-order valence-corrected chi connectivity index (χ4v) is 3.25. The lowest BCUT2D eigenvalue weighted by Gasteiger charge is -2.12. The van der Waals surface area contributed by atoms with Crippen LogP contribution < -0.4 is 5.32 Å². The minimum atomic E-state index is -0.616. The van der Waals surface area contributed by atoms with Crippen molar-refractivity contribution in [2.45, 2.75) is 0 Å². The largest absolute Gasteiger partial charge is 0.508 e. The first-order valence-corrected chi connectivity index (χ1v) is 8.74. The molecule has 0 saturated carbocycles. The lowest BCUT2D eigenvalue weighted by molar-refractivity contribution is -0.384. The number of nitro benzene ring substituents is 1. The average molecular weight is 399 g/mol. The molecule has 10 heteroatoms. The third-order valence-electron chi connectivity index (χ3n) is 3.71. The second-order valence-electron chi connectivity index (χ2n) is 5.72. The Bertz CT molecular complexity index is 1000. The van der Waals surface area contributed by atoms with Crippen LogP contribution >= 0.6 is 11.8 Å². The maximum Gasteiger partial charge on any atom is 0.294 e. The van der Waals surface area contributed by atoms with Crippen LogP contribution in [0.1, 0.15) is 5.56 Å². The number of phenolic OH excluding ortho intramolecular Hbond substituents is 1. The maximum atomic E-state index is 12.4. The molecule has 1 fully saturated rings. The standard InChI is InChI=1S/C18H13N3O6S/c22-14-3-1-2-11(8-14)9-15-17(24)20(18(25)28-15)10-16(23)19-12-4-6-13(7-5-12)21(26)27/h1-9,22H,10H2,(H,19,23)/b15-9-. The van der Waals surface area contributed by atoms with Crippen molar-refractivity contribution < 1.29 is 24.4 Å².